The zero-order valence-electron chi connectivity index (χ0n) is 14.7. The number of anilines is 2. The third-order valence-corrected chi connectivity index (χ3v) is 4.69. The highest BCUT2D eigenvalue weighted by Crippen LogP contribution is 2.24. The number of halogens is 2. The second-order valence-corrected chi connectivity index (χ2v) is 6.69. The molecule has 28 heavy (non-hydrogen) atoms. The predicted molar refractivity (Wildman–Crippen MR) is 102 cm³/mol. The van der Waals surface area contributed by atoms with Crippen LogP contribution in [0.4, 0.5) is 21.0 Å². The van der Waals surface area contributed by atoms with E-state index < -0.39 is 18.0 Å². The third kappa shape index (κ3) is 3.36. The first-order chi connectivity index (χ1) is 13.4. The Labute approximate surface area is 163 Å². The minimum atomic E-state index is -0.602. The summed E-state index contributed by atoms with van der Waals surface area (Å²) in [6.07, 6.45) is 1.05. The molecule has 1 atom stereocenters. The molecule has 0 unspecified atom stereocenters. The monoisotopic (exact) mass is 403 g/mol. The number of rotatable bonds is 4. The van der Waals surface area contributed by atoms with E-state index in [1.165, 1.54) is 23.2 Å². The van der Waals surface area contributed by atoms with Crippen LogP contribution < -0.4 is 15.8 Å². The Bertz CT molecular complexity index is 1140. The van der Waals surface area contributed by atoms with Crippen molar-refractivity contribution in [3.05, 3.63) is 57.2 Å². The van der Waals surface area contributed by atoms with Crippen LogP contribution in [0, 0.1) is 5.82 Å². The Balaban J connectivity index is 1.62. The molecule has 1 fully saturated rings. The van der Waals surface area contributed by atoms with Gasteiger partial charge in [-0.25, -0.2) is 14.2 Å². The van der Waals surface area contributed by atoms with Gasteiger partial charge in [-0.05, 0) is 31.2 Å². The molecule has 0 radical (unpaired) electrons. The normalized spacial score (nSPS) is 15.0. The number of hydrogen-bond donors (Lipinski definition) is 2. The van der Waals surface area contributed by atoms with E-state index in [9.17, 15) is 14.0 Å². The highest BCUT2D eigenvalue weighted by molar-refractivity contribution is 6.31. The Morgan fingerprint density at radius 3 is 2.93 bits per heavy atom. The van der Waals surface area contributed by atoms with Crippen LogP contribution in [0.1, 0.15) is 18.5 Å². The molecular weight excluding hydrogens is 389 g/mol. The molecule has 144 valence electrons. The van der Waals surface area contributed by atoms with Crippen molar-refractivity contribution in [2.45, 2.75) is 13.0 Å². The van der Waals surface area contributed by atoms with Crippen molar-refractivity contribution < 1.29 is 13.9 Å². The summed E-state index contributed by atoms with van der Waals surface area (Å²) in [6, 6.07) is 5.41. The zero-order chi connectivity index (χ0) is 19.8. The van der Waals surface area contributed by atoms with Crippen LogP contribution in [0.25, 0.3) is 10.9 Å². The molecule has 0 bridgehead atoms. The fraction of sp³-hybridized carbons (Fsp3) is 0.222. The van der Waals surface area contributed by atoms with E-state index in [-0.39, 0.29) is 16.5 Å². The molecule has 1 saturated heterocycles. The van der Waals surface area contributed by atoms with Gasteiger partial charge >= 0.3 is 6.09 Å². The van der Waals surface area contributed by atoms with E-state index in [4.69, 9.17) is 16.3 Å². The third-order valence-electron chi connectivity index (χ3n) is 4.40. The lowest BCUT2D eigenvalue weighted by atomic mass is 10.1. The van der Waals surface area contributed by atoms with Crippen molar-refractivity contribution in [2.75, 3.05) is 23.4 Å². The van der Waals surface area contributed by atoms with Gasteiger partial charge in [0, 0.05) is 17.1 Å². The maximum Gasteiger partial charge on any atom is 0.415 e. The summed E-state index contributed by atoms with van der Waals surface area (Å²) in [5.41, 5.74) is 0.395. The molecule has 0 spiro atoms. The molecule has 1 aliphatic heterocycles. The number of fused-ring (bicyclic) bond motifs is 1. The highest BCUT2D eigenvalue weighted by atomic mass is 35.5. The molecule has 1 aromatic carbocycles. The van der Waals surface area contributed by atoms with Crippen LogP contribution in [0.5, 0.6) is 0 Å². The molecule has 1 amide bonds. The lowest BCUT2D eigenvalue weighted by molar-refractivity contribution is 0.181. The first-order valence-electron chi connectivity index (χ1n) is 8.48. The first-order valence-corrected chi connectivity index (χ1v) is 8.86. The number of aromatic nitrogens is 3. The van der Waals surface area contributed by atoms with Crippen LogP contribution in [-0.4, -0.2) is 34.2 Å². The van der Waals surface area contributed by atoms with Crippen LogP contribution >= 0.6 is 11.6 Å². The number of carbonyl (C=O) groups excluding carboxylic acids is 1. The van der Waals surface area contributed by atoms with Gasteiger partial charge in [0.05, 0.1) is 23.1 Å². The minimum absolute atomic E-state index is 0.0281. The second-order valence-electron chi connectivity index (χ2n) is 6.28. The van der Waals surface area contributed by atoms with Crippen LogP contribution in [0.2, 0.25) is 5.02 Å². The Morgan fingerprint density at radius 1 is 1.36 bits per heavy atom. The fourth-order valence-electron chi connectivity index (χ4n) is 2.98. The lowest BCUT2D eigenvalue weighted by Crippen LogP contribution is -2.25. The van der Waals surface area contributed by atoms with Crippen molar-refractivity contribution >= 4 is 40.4 Å². The van der Waals surface area contributed by atoms with Gasteiger partial charge in [0.2, 0.25) is 5.95 Å². The standard InChI is InChI=1S/C18H15ClFN5O3/c1-9(11-6-10-7-12(19)13(20)8-14(10)23-16(11)26)22-17-21-3-2-15(24-17)25-4-5-28-18(25)27/h2-3,6-9H,4-5H2,1H3,(H,23,26)(H,21,22,24)/t9-/m0/s1. The predicted octanol–water partition coefficient (Wildman–Crippen LogP) is 3.24. The highest BCUT2D eigenvalue weighted by Gasteiger charge is 2.25. The SMILES string of the molecule is C[C@H](Nc1nccc(N2CCOC2=O)n1)c1cc2cc(Cl)c(F)cc2[nH]c1=O. The Morgan fingerprint density at radius 2 is 2.18 bits per heavy atom. The number of hydrogen-bond acceptors (Lipinski definition) is 6. The van der Waals surface area contributed by atoms with Crippen molar-refractivity contribution in [2.24, 2.45) is 0 Å². The summed E-state index contributed by atoms with van der Waals surface area (Å²) in [6.45, 7) is 2.48. The van der Waals surface area contributed by atoms with Crippen LogP contribution in [0.3, 0.4) is 0 Å². The number of nitrogens with one attached hydrogen (secondary N) is 2. The topological polar surface area (TPSA) is 100 Å². The number of aromatic amines is 1. The molecule has 2 N–H and O–H groups in total. The van der Waals surface area contributed by atoms with Crippen molar-refractivity contribution in [3.63, 3.8) is 0 Å². The molecule has 0 saturated carbocycles. The summed E-state index contributed by atoms with van der Waals surface area (Å²) in [5.74, 6) is 0.0533. The molecule has 1 aliphatic rings. The van der Waals surface area contributed by atoms with Crippen molar-refractivity contribution in [3.8, 4) is 0 Å². The molecule has 2 aromatic heterocycles. The maximum absolute atomic E-state index is 13.6. The Hall–Kier alpha value is -3.20. The average Bonchev–Trinajstić information content (AvgIpc) is 3.09. The van der Waals surface area contributed by atoms with E-state index in [0.717, 1.165) is 0 Å². The van der Waals surface area contributed by atoms with Gasteiger partial charge in [-0.2, -0.15) is 4.98 Å². The summed E-state index contributed by atoms with van der Waals surface area (Å²) in [4.78, 5) is 36.6. The van der Waals surface area contributed by atoms with Gasteiger partial charge < -0.3 is 15.0 Å². The second kappa shape index (κ2) is 7.08. The van der Waals surface area contributed by atoms with Crippen molar-refractivity contribution in [1.29, 1.82) is 0 Å². The molecule has 8 nitrogen and oxygen atoms in total. The van der Waals surface area contributed by atoms with Gasteiger partial charge in [-0.3, -0.25) is 9.69 Å². The van der Waals surface area contributed by atoms with Gasteiger partial charge in [-0.1, -0.05) is 11.6 Å². The molecule has 3 heterocycles. The number of H-pyrrole nitrogens is 1. The fourth-order valence-corrected chi connectivity index (χ4v) is 3.15. The number of pyridine rings is 1. The summed E-state index contributed by atoms with van der Waals surface area (Å²) in [7, 11) is 0. The average molecular weight is 404 g/mol. The van der Waals surface area contributed by atoms with E-state index >= 15 is 0 Å². The van der Waals surface area contributed by atoms with Gasteiger partial charge in [0.15, 0.2) is 0 Å². The van der Waals surface area contributed by atoms with E-state index in [1.807, 2.05) is 0 Å². The van der Waals surface area contributed by atoms with Crippen molar-refractivity contribution in [1.82, 2.24) is 15.0 Å². The molecule has 4 rings (SSSR count). The summed E-state index contributed by atoms with van der Waals surface area (Å²) >= 11 is 5.84. The van der Waals surface area contributed by atoms with E-state index in [2.05, 4.69) is 20.3 Å². The summed E-state index contributed by atoms with van der Waals surface area (Å²) in [5, 5.41) is 3.61. The minimum Gasteiger partial charge on any atom is -0.447 e. The van der Waals surface area contributed by atoms with Crippen LogP contribution in [-0.2, 0) is 4.74 Å². The number of nitrogens with zero attached hydrogens (tertiary/aromatic N) is 3. The van der Waals surface area contributed by atoms with Gasteiger partial charge in [0.1, 0.15) is 18.2 Å². The molecule has 0 aliphatic carbocycles. The number of ether oxygens (including phenoxy) is 1. The molecule has 10 heteroatoms. The molecule has 3 aromatic rings. The molecular formula is C18H15ClFN5O3. The summed E-state index contributed by atoms with van der Waals surface area (Å²) < 4.78 is 18.5. The number of benzene rings is 1. The number of cyclic esters (lactones) is 1. The lowest BCUT2D eigenvalue weighted by Gasteiger charge is -2.16. The number of carbonyl (C=O) groups is 1. The largest absolute Gasteiger partial charge is 0.447 e. The van der Waals surface area contributed by atoms with E-state index in [1.54, 1.807) is 19.1 Å². The smallest absolute Gasteiger partial charge is 0.415 e. The first kappa shape index (κ1) is 18.2. The van der Waals surface area contributed by atoms with Crippen LogP contribution in [0.15, 0.2) is 35.3 Å². The van der Waals surface area contributed by atoms with Gasteiger partial charge in [-0.15, -0.1) is 0 Å². The Kier molecular flexibility index (Phi) is 4.60. The van der Waals surface area contributed by atoms with Gasteiger partial charge in [0.25, 0.3) is 5.56 Å². The maximum atomic E-state index is 13.6. The number of amides is 1. The zero-order valence-corrected chi connectivity index (χ0v) is 15.5. The van der Waals surface area contributed by atoms with E-state index in [0.29, 0.717) is 35.4 Å². The quantitative estimate of drug-likeness (QED) is 0.693.